The molecule has 0 saturated carbocycles. The quantitative estimate of drug-likeness (QED) is 0.824. The second-order valence-corrected chi connectivity index (χ2v) is 8.61. The number of rotatable bonds is 5. The molecule has 1 unspecified atom stereocenters. The molecule has 2 aromatic rings. The molecule has 146 valence electrons. The SMILES string of the molecule is C=C1CCC(N2Cc3c(csc3COc3ccc(C(C)C)cc3)C2=O)C(=O)N1. The molecule has 28 heavy (non-hydrogen) atoms. The van der Waals surface area contributed by atoms with E-state index >= 15 is 0 Å². The van der Waals surface area contributed by atoms with Crippen LogP contribution in [0.5, 0.6) is 5.75 Å². The number of benzene rings is 1. The third kappa shape index (κ3) is 3.44. The number of hydrogen-bond acceptors (Lipinski definition) is 4. The summed E-state index contributed by atoms with van der Waals surface area (Å²) in [5.41, 5.74) is 3.70. The predicted octanol–water partition coefficient (Wildman–Crippen LogP) is 4.20. The second-order valence-electron chi connectivity index (χ2n) is 7.64. The number of piperidine rings is 1. The van der Waals surface area contributed by atoms with Crippen molar-refractivity contribution in [3.63, 3.8) is 0 Å². The summed E-state index contributed by atoms with van der Waals surface area (Å²) in [6, 6.07) is 7.71. The number of amides is 2. The third-order valence-corrected chi connectivity index (χ3v) is 6.42. The van der Waals surface area contributed by atoms with Crippen molar-refractivity contribution in [3.05, 3.63) is 63.5 Å². The van der Waals surface area contributed by atoms with Crippen molar-refractivity contribution < 1.29 is 14.3 Å². The van der Waals surface area contributed by atoms with E-state index in [1.807, 2.05) is 17.5 Å². The molecule has 0 aliphatic carbocycles. The Morgan fingerprint density at radius 3 is 2.71 bits per heavy atom. The van der Waals surface area contributed by atoms with Crippen LogP contribution in [-0.4, -0.2) is 22.8 Å². The number of carbonyl (C=O) groups is 2. The van der Waals surface area contributed by atoms with Crippen LogP contribution < -0.4 is 10.1 Å². The van der Waals surface area contributed by atoms with Gasteiger partial charge in [0.15, 0.2) is 0 Å². The van der Waals surface area contributed by atoms with Gasteiger partial charge in [-0.05, 0) is 36.5 Å². The minimum absolute atomic E-state index is 0.0635. The standard InChI is InChI=1S/C22H24N2O3S/c1-13(2)15-5-7-16(8-6-15)27-11-20-17-10-24(22(26)18(17)12-28-20)19-9-4-14(3)23-21(19)25/h5-8,12-13,19H,3-4,9-11H2,1-2H3,(H,23,25). The van der Waals surface area contributed by atoms with E-state index in [0.717, 1.165) is 21.9 Å². The van der Waals surface area contributed by atoms with E-state index in [1.165, 1.54) is 5.56 Å². The fraction of sp³-hybridized carbons (Fsp3) is 0.364. The van der Waals surface area contributed by atoms with Gasteiger partial charge in [-0.2, -0.15) is 0 Å². The average Bonchev–Trinajstić information content (AvgIpc) is 3.21. The molecule has 2 aliphatic rings. The minimum atomic E-state index is -0.423. The number of carbonyl (C=O) groups excluding carboxylic acids is 2. The zero-order chi connectivity index (χ0) is 19.8. The molecule has 4 rings (SSSR count). The number of nitrogens with one attached hydrogen (secondary N) is 1. The summed E-state index contributed by atoms with van der Waals surface area (Å²) in [5, 5.41) is 4.66. The van der Waals surface area contributed by atoms with Crippen LogP contribution in [-0.2, 0) is 17.9 Å². The largest absolute Gasteiger partial charge is 0.488 e. The van der Waals surface area contributed by atoms with Gasteiger partial charge in [-0.1, -0.05) is 32.6 Å². The van der Waals surface area contributed by atoms with Gasteiger partial charge < -0.3 is 15.0 Å². The summed E-state index contributed by atoms with van der Waals surface area (Å²) in [6.45, 7) is 9.02. The lowest BCUT2D eigenvalue weighted by Gasteiger charge is -2.31. The summed E-state index contributed by atoms with van der Waals surface area (Å²) in [7, 11) is 0. The van der Waals surface area contributed by atoms with E-state index in [0.29, 0.717) is 37.5 Å². The third-order valence-electron chi connectivity index (χ3n) is 5.42. The highest BCUT2D eigenvalue weighted by Crippen LogP contribution is 2.34. The van der Waals surface area contributed by atoms with Crippen LogP contribution >= 0.6 is 11.3 Å². The van der Waals surface area contributed by atoms with E-state index < -0.39 is 6.04 Å². The van der Waals surface area contributed by atoms with Crippen molar-refractivity contribution in [2.24, 2.45) is 0 Å². The first kappa shape index (κ1) is 18.7. The lowest BCUT2D eigenvalue weighted by molar-refractivity contribution is -0.126. The fourth-order valence-corrected chi connectivity index (χ4v) is 4.65. The van der Waals surface area contributed by atoms with Gasteiger partial charge in [0.25, 0.3) is 5.91 Å². The molecule has 5 nitrogen and oxygen atoms in total. The van der Waals surface area contributed by atoms with Gasteiger partial charge in [0, 0.05) is 28.1 Å². The van der Waals surface area contributed by atoms with Gasteiger partial charge >= 0.3 is 0 Å². The molecule has 1 aromatic heterocycles. The van der Waals surface area contributed by atoms with Crippen LogP contribution in [0.3, 0.4) is 0 Å². The summed E-state index contributed by atoms with van der Waals surface area (Å²) in [6.07, 6.45) is 1.33. The van der Waals surface area contributed by atoms with E-state index in [1.54, 1.807) is 16.2 Å². The number of fused-ring (bicyclic) bond motifs is 1. The molecular weight excluding hydrogens is 372 g/mol. The number of ether oxygens (including phenoxy) is 1. The van der Waals surface area contributed by atoms with Crippen molar-refractivity contribution in [1.29, 1.82) is 0 Å². The highest BCUT2D eigenvalue weighted by molar-refractivity contribution is 7.10. The van der Waals surface area contributed by atoms with Crippen molar-refractivity contribution in [2.45, 2.75) is 51.8 Å². The van der Waals surface area contributed by atoms with Crippen LogP contribution in [0.25, 0.3) is 0 Å². The topological polar surface area (TPSA) is 58.6 Å². The van der Waals surface area contributed by atoms with E-state index in [4.69, 9.17) is 4.74 Å². The molecule has 0 spiro atoms. The molecule has 1 saturated heterocycles. The average molecular weight is 397 g/mol. The summed E-state index contributed by atoms with van der Waals surface area (Å²) in [4.78, 5) is 27.8. The molecule has 0 bridgehead atoms. The molecule has 2 amide bonds. The molecule has 2 aliphatic heterocycles. The van der Waals surface area contributed by atoms with Crippen LogP contribution in [0.15, 0.2) is 41.9 Å². The van der Waals surface area contributed by atoms with Gasteiger partial charge in [0.2, 0.25) is 5.91 Å². The zero-order valence-electron chi connectivity index (χ0n) is 16.2. The highest BCUT2D eigenvalue weighted by atomic mass is 32.1. The highest BCUT2D eigenvalue weighted by Gasteiger charge is 2.39. The lowest BCUT2D eigenvalue weighted by Crippen LogP contribution is -2.49. The molecule has 0 radical (unpaired) electrons. The molecule has 3 heterocycles. The van der Waals surface area contributed by atoms with Crippen LogP contribution in [0.2, 0.25) is 0 Å². The summed E-state index contributed by atoms with van der Waals surface area (Å²) < 4.78 is 5.95. The zero-order valence-corrected chi connectivity index (χ0v) is 17.0. The first-order chi connectivity index (χ1) is 13.4. The Labute approximate surface area is 169 Å². The van der Waals surface area contributed by atoms with Crippen LogP contribution in [0.1, 0.15) is 59.0 Å². The van der Waals surface area contributed by atoms with E-state index in [9.17, 15) is 9.59 Å². The lowest BCUT2D eigenvalue weighted by atomic mass is 10.0. The van der Waals surface area contributed by atoms with Gasteiger partial charge in [0.05, 0.1) is 5.56 Å². The fourth-order valence-electron chi connectivity index (χ4n) is 3.70. The Hall–Kier alpha value is -2.60. The van der Waals surface area contributed by atoms with Gasteiger partial charge in [-0.3, -0.25) is 9.59 Å². The van der Waals surface area contributed by atoms with Gasteiger partial charge in [-0.15, -0.1) is 11.3 Å². The molecular formula is C22H24N2O3S. The molecule has 1 aromatic carbocycles. The Balaban J connectivity index is 1.45. The van der Waals surface area contributed by atoms with E-state index in [2.05, 4.69) is 37.9 Å². The number of allylic oxidation sites excluding steroid dienone is 1. The predicted molar refractivity (Wildman–Crippen MR) is 109 cm³/mol. The Morgan fingerprint density at radius 1 is 1.29 bits per heavy atom. The number of hydrogen-bond donors (Lipinski definition) is 1. The first-order valence-electron chi connectivity index (χ1n) is 9.55. The smallest absolute Gasteiger partial charge is 0.256 e. The van der Waals surface area contributed by atoms with Crippen molar-refractivity contribution in [1.82, 2.24) is 10.2 Å². The number of thiophene rings is 1. The maximum Gasteiger partial charge on any atom is 0.256 e. The van der Waals surface area contributed by atoms with E-state index in [-0.39, 0.29) is 11.8 Å². The Morgan fingerprint density at radius 2 is 2.04 bits per heavy atom. The van der Waals surface area contributed by atoms with Crippen LogP contribution in [0.4, 0.5) is 0 Å². The number of nitrogens with zero attached hydrogens (tertiary/aromatic N) is 1. The first-order valence-corrected chi connectivity index (χ1v) is 10.4. The maximum absolute atomic E-state index is 12.8. The minimum Gasteiger partial charge on any atom is -0.488 e. The van der Waals surface area contributed by atoms with Crippen molar-refractivity contribution >= 4 is 23.2 Å². The Bertz CT molecular complexity index is 930. The summed E-state index contributed by atoms with van der Waals surface area (Å²) >= 11 is 1.55. The molecule has 1 atom stereocenters. The van der Waals surface area contributed by atoms with Crippen LogP contribution in [0, 0.1) is 0 Å². The Kier molecular flexibility index (Phi) is 4.98. The molecule has 6 heteroatoms. The normalized spacial score (nSPS) is 19.2. The van der Waals surface area contributed by atoms with Crippen molar-refractivity contribution in [3.8, 4) is 5.75 Å². The monoisotopic (exact) mass is 396 g/mol. The summed E-state index contributed by atoms with van der Waals surface area (Å²) in [5.74, 6) is 1.10. The van der Waals surface area contributed by atoms with Gasteiger partial charge in [0.1, 0.15) is 18.4 Å². The molecule has 1 N–H and O–H groups in total. The van der Waals surface area contributed by atoms with Gasteiger partial charge in [-0.25, -0.2) is 0 Å². The van der Waals surface area contributed by atoms with Crippen molar-refractivity contribution in [2.75, 3.05) is 0 Å². The molecule has 1 fully saturated rings. The maximum atomic E-state index is 12.8. The second kappa shape index (κ2) is 7.43.